The third kappa shape index (κ3) is 4.80. The SMILES string of the molecule is CC(=O)NCCCC(=O)Nc1cc(Cl)cc(-c2nc3ccccc3s2)c1. The number of nitrogens with one attached hydrogen (secondary N) is 2. The van der Waals surface area contributed by atoms with Gasteiger partial charge in [0, 0.05) is 36.2 Å². The summed E-state index contributed by atoms with van der Waals surface area (Å²) in [5.74, 6) is -0.214. The second-order valence-corrected chi connectivity index (χ2v) is 7.32. The number of carbonyl (C=O) groups excluding carboxylic acids is 2. The number of anilines is 1. The standard InChI is InChI=1S/C19H18ClN3O2S/c1-12(24)21-8-4-7-18(25)22-15-10-13(9-14(20)11-15)19-23-16-5-2-3-6-17(16)26-19/h2-3,5-6,9-11H,4,7-8H2,1H3,(H,21,24)(H,22,25). The molecule has 0 fully saturated rings. The lowest BCUT2D eigenvalue weighted by molar-refractivity contribution is -0.119. The molecule has 0 unspecified atom stereocenters. The Morgan fingerprint density at radius 3 is 2.77 bits per heavy atom. The highest BCUT2D eigenvalue weighted by Crippen LogP contribution is 2.33. The van der Waals surface area contributed by atoms with E-state index in [4.69, 9.17) is 11.6 Å². The number of para-hydroxylation sites is 1. The average molecular weight is 388 g/mol. The number of nitrogens with zero attached hydrogens (tertiary/aromatic N) is 1. The molecule has 1 heterocycles. The van der Waals surface area contributed by atoms with Crippen molar-refractivity contribution in [3.05, 3.63) is 47.5 Å². The molecule has 0 saturated carbocycles. The van der Waals surface area contributed by atoms with E-state index in [9.17, 15) is 9.59 Å². The van der Waals surface area contributed by atoms with E-state index >= 15 is 0 Å². The van der Waals surface area contributed by atoms with Gasteiger partial charge in [-0.2, -0.15) is 0 Å². The molecule has 0 aliphatic heterocycles. The zero-order valence-corrected chi connectivity index (χ0v) is 15.8. The summed E-state index contributed by atoms with van der Waals surface area (Å²) in [6.07, 6.45) is 0.903. The van der Waals surface area contributed by atoms with Gasteiger partial charge in [-0.3, -0.25) is 9.59 Å². The van der Waals surface area contributed by atoms with Gasteiger partial charge < -0.3 is 10.6 Å². The Balaban J connectivity index is 1.71. The van der Waals surface area contributed by atoms with E-state index in [0.717, 1.165) is 20.8 Å². The molecule has 0 saturated heterocycles. The van der Waals surface area contributed by atoms with Crippen LogP contribution in [0.5, 0.6) is 0 Å². The number of halogens is 1. The highest BCUT2D eigenvalue weighted by Gasteiger charge is 2.10. The van der Waals surface area contributed by atoms with E-state index in [-0.39, 0.29) is 11.8 Å². The van der Waals surface area contributed by atoms with Crippen molar-refractivity contribution in [1.29, 1.82) is 0 Å². The van der Waals surface area contributed by atoms with Crippen molar-refractivity contribution in [3.8, 4) is 10.6 Å². The molecule has 5 nitrogen and oxygen atoms in total. The Labute approximate surface area is 160 Å². The van der Waals surface area contributed by atoms with Crippen molar-refractivity contribution in [2.75, 3.05) is 11.9 Å². The molecular weight excluding hydrogens is 370 g/mol. The molecule has 0 aliphatic carbocycles. The molecule has 0 radical (unpaired) electrons. The van der Waals surface area contributed by atoms with Crippen LogP contribution in [0.25, 0.3) is 20.8 Å². The fourth-order valence-electron chi connectivity index (χ4n) is 2.52. The van der Waals surface area contributed by atoms with Crippen molar-refractivity contribution in [2.24, 2.45) is 0 Å². The number of carbonyl (C=O) groups is 2. The van der Waals surface area contributed by atoms with Gasteiger partial charge in [0.25, 0.3) is 0 Å². The lowest BCUT2D eigenvalue weighted by atomic mass is 10.2. The lowest BCUT2D eigenvalue weighted by Crippen LogP contribution is -2.22. The monoisotopic (exact) mass is 387 g/mol. The third-order valence-electron chi connectivity index (χ3n) is 3.68. The van der Waals surface area contributed by atoms with E-state index in [1.54, 1.807) is 17.4 Å². The minimum atomic E-state index is -0.118. The van der Waals surface area contributed by atoms with Crippen LogP contribution < -0.4 is 10.6 Å². The molecule has 2 N–H and O–H groups in total. The second kappa shape index (κ2) is 8.29. The average Bonchev–Trinajstić information content (AvgIpc) is 3.02. The Kier molecular flexibility index (Phi) is 5.85. The summed E-state index contributed by atoms with van der Waals surface area (Å²) in [7, 11) is 0. The smallest absolute Gasteiger partial charge is 0.224 e. The first-order valence-electron chi connectivity index (χ1n) is 8.22. The fraction of sp³-hybridized carbons (Fsp3) is 0.211. The number of rotatable bonds is 6. The van der Waals surface area contributed by atoms with Gasteiger partial charge in [0.1, 0.15) is 5.01 Å². The molecule has 0 bridgehead atoms. The van der Waals surface area contributed by atoms with E-state index in [1.807, 2.05) is 36.4 Å². The maximum atomic E-state index is 12.1. The summed E-state index contributed by atoms with van der Waals surface area (Å²) in [5.41, 5.74) is 2.44. The molecule has 3 aromatic rings. The van der Waals surface area contributed by atoms with Crippen LogP contribution in [0.15, 0.2) is 42.5 Å². The summed E-state index contributed by atoms with van der Waals surface area (Å²) in [4.78, 5) is 27.5. The van der Waals surface area contributed by atoms with E-state index in [0.29, 0.717) is 30.1 Å². The second-order valence-electron chi connectivity index (χ2n) is 5.85. The zero-order chi connectivity index (χ0) is 18.5. The fourth-order valence-corrected chi connectivity index (χ4v) is 3.71. The number of fused-ring (bicyclic) bond motifs is 1. The lowest BCUT2D eigenvalue weighted by Gasteiger charge is -2.08. The predicted octanol–water partition coefficient (Wildman–Crippen LogP) is 4.47. The van der Waals surface area contributed by atoms with Gasteiger partial charge in [0.15, 0.2) is 0 Å². The van der Waals surface area contributed by atoms with Gasteiger partial charge in [0.05, 0.1) is 10.2 Å². The predicted molar refractivity (Wildman–Crippen MR) is 107 cm³/mol. The van der Waals surface area contributed by atoms with Crippen LogP contribution in [-0.2, 0) is 9.59 Å². The maximum Gasteiger partial charge on any atom is 0.224 e. The molecule has 1 aromatic heterocycles. The van der Waals surface area contributed by atoms with Gasteiger partial charge in [-0.05, 0) is 36.8 Å². The number of benzene rings is 2. The van der Waals surface area contributed by atoms with Crippen molar-refractivity contribution >= 4 is 50.7 Å². The van der Waals surface area contributed by atoms with Crippen LogP contribution in [0.3, 0.4) is 0 Å². The maximum absolute atomic E-state index is 12.1. The summed E-state index contributed by atoms with van der Waals surface area (Å²) < 4.78 is 1.10. The molecule has 3 rings (SSSR count). The molecule has 0 aliphatic rings. The summed E-state index contributed by atoms with van der Waals surface area (Å²) in [5, 5.41) is 6.92. The van der Waals surface area contributed by atoms with Crippen molar-refractivity contribution in [2.45, 2.75) is 19.8 Å². The number of thiazole rings is 1. The first-order chi connectivity index (χ1) is 12.5. The summed E-state index contributed by atoms with van der Waals surface area (Å²) >= 11 is 7.81. The molecule has 2 aromatic carbocycles. The van der Waals surface area contributed by atoms with Crippen molar-refractivity contribution in [1.82, 2.24) is 10.3 Å². The Morgan fingerprint density at radius 1 is 1.19 bits per heavy atom. The van der Waals surface area contributed by atoms with Gasteiger partial charge in [0.2, 0.25) is 11.8 Å². The number of aromatic nitrogens is 1. The van der Waals surface area contributed by atoms with Gasteiger partial charge in [-0.25, -0.2) is 4.98 Å². The van der Waals surface area contributed by atoms with Crippen molar-refractivity contribution < 1.29 is 9.59 Å². The zero-order valence-electron chi connectivity index (χ0n) is 14.2. The van der Waals surface area contributed by atoms with Crippen LogP contribution in [0.4, 0.5) is 5.69 Å². The highest BCUT2D eigenvalue weighted by atomic mass is 35.5. The first kappa shape index (κ1) is 18.4. The molecule has 134 valence electrons. The van der Waals surface area contributed by atoms with Crippen LogP contribution in [0.1, 0.15) is 19.8 Å². The summed E-state index contributed by atoms with van der Waals surface area (Å²) in [6, 6.07) is 13.4. The van der Waals surface area contributed by atoms with Crippen molar-refractivity contribution in [3.63, 3.8) is 0 Å². The van der Waals surface area contributed by atoms with Crippen LogP contribution in [0.2, 0.25) is 5.02 Å². The van der Waals surface area contributed by atoms with E-state index in [2.05, 4.69) is 15.6 Å². The minimum Gasteiger partial charge on any atom is -0.356 e. The molecule has 26 heavy (non-hydrogen) atoms. The van der Waals surface area contributed by atoms with Crippen LogP contribution in [0, 0.1) is 0 Å². The van der Waals surface area contributed by atoms with Gasteiger partial charge >= 0.3 is 0 Å². The third-order valence-corrected chi connectivity index (χ3v) is 4.98. The Bertz CT molecular complexity index is 922. The molecule has 0 spiro atoms. The van der Waals surface area contributed by atoms with E-state index < -0.39 is 0 Å². The van der Waals surface area contributed by atoms with Crippen LogP contribution >= 0.6 is 22.9 Å². The molecule has 7 heteroatoms. The first-order valence-corrected chi connectivity index (χ1v) is 9.41. The van der Waals surface area contributed by atoms with Crippen LogP contribution in [-0.4, -0.2) is 23.3 Å². The van der Waals surface area contributed by atoms with Gasteiger partial charge in [-0.1, -0.05) is 23.7 Å². The number of hydrogen-bond acceptors (Lipinski definition) is 4. The van der Waals surface area contributed by atoms with Gasteiger partial charge in [-0.15, -0.1) is 11.3 Å². The number of amides is 2. The molecular formula is C19H18ClN3O2S. The topological polar surface area (TPSA) is 71.1 Å². The normalized spacial score (nSPS) is 10.7. The Hall–Kier alpha value is -2.44. The molecule has 2 amide bonds. The number of hydrogen-bond donors (Lipinski definition) is 2. The Morgan fingerprint density at radius 2 is 2.00 bits per heavy atom. The largest absolute Gasteiger partial charge is 0.356 e. The van der Waals surface area contributed by atoms with E-state index in [1.165, 1.54) is 6.92 Å². The summed E-state index contributed by atoms with van der Waals surface area (Å²) in [6.45, 7) is 1.94. The quantitative estimate of drug-likeness (QED) is 0.613. The molecule has 0 atom stereocenters. The minimum absolute atomic E-state index is 0.0966. The highest BCUT2D eigenvalue weighted by molar-refractivity contribution is 7.21.